The number of nitrogens with two attached hydrogens (primary N) is 1. The Hall–Kier alpha value is -2.28. The Morgan fingerprint density at radius 2 is 2.04 bits per heavy atom. The molecule has 0 radical (unpaired) electrons. The smallest absolute Gasteiger partial charge is 0.241 e. The van der Waals surface area contributed by atoms with Gasteiger partial charge in [0.25, 0.3) is 0 Å². The summed E-state index contributed by atoms with van der Waals surface area (Å²) in [5, 5.41) is 3.57. The highest BCUT2D eigenvalue weighted by atomic mass is 32.2. The maximum Gasteiger partial charge on any atom is 0.241 e. The summed E-state index contributed by atoms with van der Waals surface area (Å²) in [5.74, 6) is 1.68. The monoisotopic (exact) mass is 331 g/mol. The van der Waals surface area contributed by atoms with Gasteiger partial charge in [0.1, 0.15) is 11.6 Å². The molecule has 1 aromatic heterocycles. The molecule has 0 unspecified atom stereocenters. The highest BCUT2D eigenvalue weighted by Crippen LogP contribution is 2.23. The molecular formula is C16H21N5OS. The number of hydrogen-bond acceptors (Lipinski definition) is 6. The fraction of sp³-hybridized carbons (Fsp3) is 0.312. The zero-order valence-electron chi connectivity index (χ0n) is 13.5. The first-order valence-electron chi connectivity index (χ1n) is 7.21. The van der Waals surface area contributed by atoms with Crippen molar-refractivity contribution in [2.24, 2.45) is 0 Å². The summed E-state index contributed by atoms with van der Waals surface area (Å²) in [7, 11) is 3.42. The Labute approximate surface area is 140 Å². The van der Waals surface area contributed by atoms with Crippen LogP contribution in [0.3, 0.4) is 0 Å². The lowest BCUT2D eigenvalue weighted by molar-refractivity contribution is -0.126. The van der Waals surface area contributed by atoms with Crippen LogP contribution in [0, 0.1) is 6.92 Å². The second-order valence-electron chi connectivity index (χ2n) is 5.32. The number of thioether (sulfide) groups is 1. The molecule has 1 aromatic carbocycles. The second kappa shape index (κ2) is 7.82. The van der Waals surface area contributed by atoms with E-state index in [1.165, 1.54) is 27.8 Å². The van der Waals surface area contributed by atoms with Crippen LogP contribution >= 0.6 is 11.8 Å². The summed E-state index contributed by atoms with van der Waals surface area (Å²) in [6, 6.07) is 9.83. The summed E-state index contributed by atoms with van der Waals surface area (Å²) in [6.07, 6.45) is 0. The number of likely N-dealkylation sites (N-methyl/N-ethyl adjacent to an activating group) is 1. The Balaban J connectivity index is 2.02. The van der Waals surface area contributed by atoms with Crippen molar-refractivity contribution < 1.29 is 4.79 Å². The summed E-state index contributed by atoms with van der Waals surface area (Å²) >= 11 is 1.52. The molecule has 1 heterocycles. The number of nitrogens with one attached hydrogen (secondary N) is 1. The van der Waals surface area contributed by atoms with Crippen LogP contribution in [0.2, 0.25) is 0 Å². The van der Waals surface area contributed by atoms with Crippen LogP contribution in [-0.2, 0) is 10.5 Å². The topological polar surface area (TPSA) is 84.1 Å². The molecule has 23 heavy (non-hydrogen) atoms. The maximum absolute atomic E-state index is 11.6. The molecule has 0 saturated heterocycles. The number of nitrogens with zero attached hydrogens (tertiary/aromatic N) is 3. The van der Waals surface area contributed by atoms with Crippen molar-refractivity contribution in [3.8, 4) is 0 Å². The summed E-state index contributed by atoms with van der Waals surface area (Å²) < 4.78 is 0. The van der Waals surface area contributed by atoms with Gasteiger partial charge in [-0.25, -0.2) is 9.97 Å². The Morgan fingerprint density at radius 3 is 2.74 bits per heavy atom. The second-order valence-corrected chi connectivity index (χ2v) is 6.26. The van der Waals surface area contributed by atoms with Gasteiger partial charge in [-0.3, -0.25) is 4.79 Å². The Kier molecular flexibility index (Phi) is 5.81. The van der Waals surface area contributed by atoms with Gasteiger partial charge in [0.05, 0.1) is 6.54 Å². The number of anilines is 2. The molecular weight excluding hydrogens is 310 g/mol. The van der Waals surface area contributed by atoms with E-state index in [9.17, 15) is 4.79 Å². The first-order valence-corrected chi connectivity index (χ1v) is 8.20. The van der Waals surface area contributed by atoms with Crippen LogP contribution in [0.15, 0.2) is 35.5 Å². The fourth-order valence-corrected chi connectivity index (χ4v) is 2.78. The van der Waals surface area contributed by atoms with Crippen LogP contribution in [0.25, 0.3) is 0 Å². The van der Waals surface area contributed by atoms with Crippen LogP contribution in [0.5, 0.6) is 0 Å². The van der Waals surface area contributed by atoms with Gasteiger partial charge in [-0.1, -0.05) is 36.0 Å². The van der Waals surface area contributed by atoms with Crippen molar-refractivity contribution in [3.63, 3.8) is 0 Å². The van der Waals surface area contributed by atoms with Crippen LogP contribution in [-0.4, -0.2) is 41.4 Å². The molecule has 0 aliphatic heterocycles. The number of benzene rings is 1. The van der Waals surface area contributed by atoms with Gasteiger partial charge in [0, 0.05) is 25.9 Å². The predicted octanol–water partition coefficient (Wildman–Crippen LogP) is 2.16. The van der Waals surface area contributed by atoms with Crippen molar-refractivity contribution >= 4 is 29.3 Å². The quantitative estimate of drug-likeness (QED) is 0.623. The fourth-order valence-electron chi connectivity index (χ4n) is 1.84. The number of aryl methyl sites for hydroxylation is 1. The molecule has 0 saturated carbocycles. The van der Waals surface area contributed by atoms with Crippen molar-refractivity contribution in [1.82, 2.24) is 14.9 Å². The largest absolute Gasteiger partial charge is 0.383 e. The molecule has 2 aromatic rings. The van der Waals surface area contributed by atoms with Gasteiger partial charge >= 0.3 is 0 Å². The number of rotatable bonds is 6. The minimum absolute atomic E-state index is 0.0312. The van der Waals surface area contributed by atoms with Gasteiger partial charge in [0.2, 0.25) is 5.91 Å². The third-order valence-corrected chi connectivity index (χ3v) is 4.16. The molecule has 0 spiro atoms. The van der Waals surface area contributed by atoms with Crippen LogP contribution in [0.1, 0.15) is 11.1 Å². The molecule has 7 heteroatoms. The first kappa shape index (κ1) is 17.1. The molecule has 1 amide bonds. The van der Waals surface area contributed by atoms with E-state index < -0.39 is 0 Å². The number of carbonyl (C=O) groups excluding carboxylic acids is 1. The predicted molar refractivity (Wildman–Crippen MR) is 94.4 cm³/mol. The highest BCUT2D eigenvalue weighted by Gasteiger charge is 2.08. The first-order chi connectivity index (χ1) is 11.0. The van der Waals surface area contributed by atoms with Gasteiger partial charge in [-0.15, -0.1) is 0 Å². The minimum Gasteiger partial charge on any atom is -0.383 e. The zero-order valence-corrected chi connectivity index (χ0v) is 14.4. The molecule has 3 N–H and O–H groups in total. The summed E-state index contributed by atoms with van der Waals surface area (Å²) in [5.41, 5.74) is 8.30. The normalized spacial score (nSPS) is 10.4. The highest BCUT2D eigenvalue weighted by molar-refractivity contribution is 7.98. The van der Waals surface area contributed by atoms with E-state index in [0.29, 0.717) is 16.8 Å². The molecule has 122 valence electrons. The number of hydrogen-bond donors (Lipinski definition) is 2. The minimum atomic E-state index is -0.0312. The molecule has 0 fully saturated rings. The van der Waals surface area contributed by atoms with Gasteiger partial charge in [-0.2, -0.15) is 0 Å². The molecule has 6 nitrogen and oxygen atoms in total. The number of nitrogen functional groups attached to an aromatic ring is 1. The SMILES string of the molecule is Cc1ccccc1CSc1nc(N)cc(NCC(=O)N(C)C)n1. The number of amides is 1. The molecule has 0 aliphatic rings. The van der Waals surface area contributed by atoms with Crippen molar-refractivity contribution in [2.75, 3.05) is 31.7 Å². The van der Waals surface area contributed by atoms with E-state index in [4.69, 9.17) is 5.73 Å². The molecule has 2 rings (SSSR count). The van der Waals surface area contributed by atoms with E-state index in [2.05, 4.69) is 34.3 Å². The number of aromatic nitrogens is 2. The molecule has 0 atom stereocenters. The zero-order chi connectivity index (χ0) is 16.8. The van der Waals surface area contributed by atoms with Crippen molar-refractivity contribution in [1.29, 1.82) is 0 Å². The van der Waals surface area contributed by atoms with E-state index >= 15 is 0 Å². The van der Waals surface area contributed by atoms with Gasteiger partial charge < -0.3 is 16.0 Å². The Morgan fingerprint density at radius 1 is 1.30 bits per heavy atom. The maximum atomic E-state index is 11.6. The van der Waals surface area contributed by atoms with E-state index in [-0.39, 0.29) is 12.5 Å². The number of carbonyl (C=O) groups is 1. The van der Waals surface area contributed by atoms with Crippen molar-refractivity contribution in [3.05, 3.63) is 41.5 Å². The van der Waals surface area contributed by atoms with Gasteiger partial charge in [0.15, 0.2) is 5.16 Å². The third kappa shape index (κ3) is 5.14. The third-order valence-electron chi connectivity index (χ3n) is 3.26. The lowest BCUT2D eigenvalue weighted by Crippen LogP contribution is -2.28. The molecule has 0 aliphatic carbocycles. The van der Waals surface area contributed by atoms with Crippen LogP contribution in [0.4, 0.5) is 11.6 Å². The van der Waals surface area contributed by atoms with E-state index in [1.807, 2.05) is 12.1 Å². The lowest BCUT2D eigenvalue weighted by Gasteiger charge is -2.12. The van der Waals surface area contributed by atoms with Gasteiger partial charge in [-0.05, 0) is 18.1 Å². The standard InChI is InChI=1S/C16H21N5OS/c1-11-6-4-5-7-12(11)10-23-16-19-13(17)8-14(20-16)18-9-15(22)21(2)3/h4-8H,9-10H2,1-3H3,(H3,17,18,19,20). The van der Waals surface area contributed by atoms with E-state index in [0.717, 1.165) is 5.75 Å². The average molecular weight is 331 g/mol. The average Bonchev–Trinajstić information content (AvgIpc) is 2.51. The molecule has 0 bridgehead atoms. The Bertz CT molecular complexity index is 690. The van der Waals surface area contributed by atoms with E-state index in [1.54, 1.807) is 20.2 Å². The summed E-state index contributed by atoms with van der Waals surface area (Å²) in [4.78, 5) is 21.8. The van der Waals surface area contributed by atoms with Crippen LogP contribution < -0.4 is 11.1 Å². The lowest BCUT2D eigenvalue weighted by atomic mass is 10.1. The van der Waals surface area contributed by atoms with Crippen molar-refractivity contribution in [2.45, 2.75) is 17.8 Å². The summed E-state index contributed by atoms with van der Waals surface area (Å²) in [6.45, 7) is 2.25.